The highest BCUT2D eigenvalue weighted by atomic mass is 32.2. The predicted octanol–water partition coefficient (Wildman–Crippen LogP) is 5.93. The highest BCUT2D eigenvalue weighted by Crippen LogP contribution is 2.55. The lowest BCUT2D eigenvalue weighted by Crippen LogP contribution is -2.45. The Morgan fingerprint density at radius 3 is 3.00 bits per heavy atom. The van der Waals surface area contributed by atoms with Gasteiger partial charge >= 0.3 is 0 Å². The zero-order valence-electron chi connectivity index (χ0n) is 23.1. The molecule has 0 spiro atoms. The van der Waals surface area contributed by atoms with Gasteiger partial charge in [-0.2, -0.15) is 0 Å². The molecular formula is C25H38N2OS. The highest BCUT2D eigenvalue weighted by molar-refractivity contribution is 8.04. The zero-order chi connectivity index (χ0) is 24.6. The minimum absolute atomic E-state index is 0.0883. The molecule has 3 nitrogen and oxygen atoms in total. The maximum Gasteiger partial charge on any atom is 0.192 e. The molecular weight excluding hydrogens is 376 g/mol. The van der Waals surface area contributed by atoms with E-state index in [2.05, 4.69) is 23.3 Å². The molecule has 7 atom stereocenters. The summed E-state index contributed by atoms with van der Waals surface area (Å²) in [5.41, 5.74) is 1.20. The van der Waals surface area contributed by atoms with Gasteiger partial charge in [-0.15, -0.1) is 11.8 Å². The molecule has 160 valence electrons. The van der Waals surface area contributed by atoms with Gasteiger partial charge in [0.25, 0.3) is 0 Å². The van der Waals surface area contributed by atoms with E-state index in [4.69, 9.17) is 11.6 Å². The largest absolute Gasteiger partial charge is 0.472 e. The number of nitrogens with zero attached hydrogens (tertiary/aromatic N) is 1. The van der Waals surface area contributed by atoms with E-state index in [1.54, 1.807) is 11.8 Å². The Balaban J connectivity index is 1.46. The van der Waals surface area contributed by atoms with Gasteiger partial charge in [0.1, 0.15) is 5.76 Å². The molecule has 0 aromatic rings. The van der Waals surface area contributed by atoms with Crippen LogP contribution in [0.1, 0.15) is 79.9 Å². The molecule has 5 rings (SSSR count). The molecule has 2 fully saturated rings. The van der Waals surface area contributed by atoms with Crippen LogP contribution in [0.3, 0.4) is 0 Å². The molecule has 0 aromatic carbocycles. The van der Waals surface area contributed by atoms with Gasteiger partial charge in [0.05, 0.1) is 0 Å². The lowest BCUT2D eigenvalue weighted by Gasteiger charge is -2.37. The third-order valence-electron chi connectivity index (χ3n) is 7.33. The van der Waals surface area contributed by atoms with Crippen LogP contribution >= 0.6 is 11.8 Å². The smallest absolute Gasteiger partial charge is 0.192 e. The van der Waals surface area contributed by atoms with Crippen LogP contribution in [0.2, 0.25) is 0 Å². The maximum absolute atomic E-state index is 8.96. The van der Waals surface area contributed by atoms with Crippen molar-refractivity contribution in [2.45, 2.75) is 90.5 Å². The number of allylic oxidation sites excluding steroid dienone is 1. The SMILES string of the molecule is [2H]C([2H])([2H])C1=NC2OC3=C(C4NCC=C5S[C@H](C([2H])([2H])C(C)(C)C)C(C)[C@@H]54)CCC[C@H]3C2CC1. The Bertz CT molecular complexity index is 935. The molecule has 29 heavy (non-hydrogen) atoms. The van der Waals surface area contributed by atoms with Crippen molar-refractivity contribution in [1.29, 1.82) is 0 Å². The number of ether oxygens (including phenoxy) is 1. The molecule has 1 aliphatic carbocycles. The van der Waals surface area contributed by atoms with Crippen LogP contribution in [0, 0.1) is 29.1 Å². The Kier molecular flexibility index (Phi) is 3.88. The van der Waals surface area contributed by atoms with Crippen molar-refractivity contribution in [2.75, 3.05) is 6.54 Å². The number of rotatable bonds is 2. The Morgan fingerprint density at radius 2 is 2.21 bits per heavy atom. The molecule has 4 unspecified atom stereocenters. The van der Waals surface area contributed by atoms with E-state index >= 15 is 0 Å². The molecule has 2 saturated heterocycles. The summed E-state index contributed by atoms with van der Waals surface area (Å²) in [6.45, 7) is 6.89. The second kappa shape index (κ2) is 7.44. The third-order valence-corrected chi connectivity index (χ3v) is 8.84. The lowest BCUT2D eigenvalue weighted by molar-refractivity contribution is 0.127. The number of nitrogens with one attached hydrogen (secondary N) is 1. The van der Waals surface area contributed by atoms with Gasteiger partial charge in [-0.05, 0) is 67.1 Å². The molecule has 4 heterocycles. The fourth-order valence-electron chi connectivity index (χ4n) is 6.06. The number of fused-ring (bicyclic) bond motifs is 4. The second-order valence-corrected chi connectivity index (χ2v) is 11.7. The summed E-state index contributed by atoms with van der Waals surface area (Å²) < 4.78 is 47.8. The van der Waals surface area contributed by atoms with E-state index in [1.807, 2.05) is 20.8 Å². The van der Waals surface area contributed by atoms with E-state index in [1.165, 1.54) is 10.5 Å². The first-order chi connectivity index (χ1) is 15.8. The first-order valence-electron chi connectivity index (χ1n) is 13.9. The average molecular weight is 420 g/mol. The van der Waals surface area contributed by atoms with E-state index in [-0.39, 0.29) is 35.3 Å². The van der Waals surface area contributed by atoms with Crippen LogP contribution in [0.4, 0.5) is 0 Å². The summed E-state index contributed by atoms with van der Waals surface area (Å²) in [5, 5.41) is 3.66. The number of aliphatic imine (C=N–C) groups is 1. The van der Waals surface area contributed by atoms with Gasteiger partial charge < -0.3 is 10.1 Å². The molecule has 4 aliphatic heterocycles. The topological polar surface area (TPSA) is 33.6 Å². The highest BCUT2D eigenvalue weighted by Gasteiger charge is 2.50. The van der Waals surface area contributed by atoms with Crippen LogP contribution in [0.15, 0.2) is 27.3 Å². The van der Waals surface area contributed by atoms with Crippen LogP contribution in [-0.2, 0) is 4.74 Å². The van der Waals surface area contributed by atoms with Gasteiger partial charge in [-0.3, -0.25) is 4.99 Å². The standard InChI is InChI=1S/C25H38N2OS/c1-14-9-10-17-16-7-6-8-18(23(16)28-24(17)27-14)22-21-15(2)20(13-25(3,4)5)29-19(21)11-12-26-22/h11,15-17,20-22,24,26H,6-10,12-13H2,1-5H3/t15?,16-,17?,20+,21-,22?,24?/m0/s1/i1D3,13D2. The van der Waals surface area contributed by atoms with Crippen LogP contribution in [-0.4, -0.2) is 29.8 Å². The number of hydrogen-bond donors (Lipinski definition) is 1. The zero-order valence-corrected chi connectivity index (χ0v) is 18.9. The average Bonchev–Trinajstić information content (AvgIpc) is 3.30. The second-order valence-electron chi connectivity index (χ2n) is 10.5. The van der Waals surface area contributed by atoms with E-state index in [9.17, 15) is 0 Å². The molecule has 0 bridgehead atoms. The third kappa shape index (κ3) is 3.63. The van der Waals surface area contributed by atoms with E-state index in [0.29, 0.717) is 18.1 Å². The lowest BCUT2D eigenvalue weighted by atomic mass is 9.72. The van der Waals surface area contributed by atoms with Crippen molar-refractivity contribution < 1.29 is 11.6 Å². The maximum atomic E-state index is 8.96. The minimum Gasteiger partial charge on any atom is -0.472 e. The van der Waals surface area contributed by atoms with Gasteiger partial charge in [0.15, 0.2) is 6.23 Å². The number of thioether (sulfide) groups is 1. The first kappa shape index (κ1) is 15.1. The molecule has 0 radical (unpaired) electrons. The van der Waals surface area contributed by atoms with Crippen LogP contribution < -0.4 is 5.32 Å². The molecule has 0 aromatic heterocycles. The summed E-state index contributed by atoms with van der Waals surface area (Å²) in [5.74, 6) is 2.10. The summed E-state index contributed by atoms with van der Waals surface area (Å²) in [6, 6.07) is 0.146. The predicted molar refractivity (Wildman–Crippen MR) is 123 cm³/mol. The summed E-state index contributed by atoms with van der Waals surface area (Å²) >= 11 is 1.75. The van der Waals surface area contributed by atoms with Crippen molar-refractivity contribution in [2.24, 2.45) is 34.1 Å². The van der Waals surface area contributed by atoms with Crippen molar-refractivity contribution in [1.82, 2.24) is 5.32 Å². The Hall–Kier alpha value is -0.740. The van der Waals surface area contributed by atoms with Crippen molar-refractivity contribution in [3.05, 3.63) is 22.3 Å². The quantitative estimate of drug-likeness (QED) is 0.602. The summed E-state index contributed by atoms with van der Waals surface area (Å²) in [6.07, 6.45) is 5.15. The molecule has 5 aliphatic rings. The van der Waals surface area contributed by atoms with Gasteiger partial charge in [-0.1, -0.05) is 33.8 Å². The van der Waals surface area contributed by atoms with Gasteiger partial charge in [0.2, 0.25) is 0 Å². The van der Waals surface area contributed by atoms with Crippen LogP contribution in [0.5, 0.6) is 0 Å². The summed E-state index contributed by atoms with van der Waals surface area (Å²) in [4.78, 5) is 5.91. The van der Waals surface area contributed by atoms with Crippen molar-refractivity contribution >= 4 is 17.5 Å². The fraction of sp³-hybridized carbons (Fsp3) is 0.800. The van der Waals surface area contributed by atoms with Gasteiger partial charge in [-0.25, -0.2) is 0 Å². The normalized spacial score (nSPS) is 45.4. The van der Waals surface area contributed by atoms with E-state index in [0.717, 1.165) is 38.0 Å². The minimum atomic E-state index is -2.14. The monoisotopic (exact) mass is 419 g/mol. The molecule has 4 heteroatoms. The molecule has 0 saturated carbocycles. The van der Waals surface area contributed by atoms with Crippen molar-refractivity contribution in [3.8, 4) is 0 Å². The van der Waals surface area contributed by atoms with Gasteiger partial charge in [0, 0.05) is 48.2 Å². The molecule has 0 amide bonds. The fourth-order valence-corrected chi connectivity index (χ4v) is 7.84. The molecule has 1 N–H and O–H groups in total. The Morgan fingerprint density at radius 1 is 1.34 bits per heavy atom. The Labute approximate surface area is 188 Å². The van der Waals surface area contributed by atoms with Crippen molar-refractivity contribution in [3.63, 3.8) is 0 Å². The van der Waals surface area contributed by atoms with Crippen LogP contribution in [0.25, 0.3) is 0 Å². The van der Waals surface area contributed by atoms with E-state index < -0.39 is 18.6 Å². The summed E-state index contributed by atoms with van der Waals surface area (Å²) in [7, 11) is 0. The first-order valence-corrected chi connectivity index (χ1v) is 12.3. The number of hydrogen-bond acceptors (Lipinski definition) is 4.